The molecule has 69 heavy (non-hydrogen) atoms. The minimum atomic E-state index is -0.240. The summed E-state index contributed by atoms with van der Waals surface area (Å²) in [4.78, 5) is 2.40. The van der Waals surface area contributed by atoms with Gasteiger partial charge >= 0.3 is 0 Å². The minimum Gasteiger partial charge on any atom is -0.456 e. The highest BCUT2D eigenvalue weighted by Gasteiger charge is 2.36. The summed E-state index contributed by atoms with van der Waals surface area (Å²) in [6, 6.07) is 90.5. The van der Waals surface area contributed by atoms with Crippen LogP contribution in [0.5, 0.6) is 0 Å². The molecule has 0 amide bonds. The molecule has 0 radical (unpaired) electrons. The Morgan fingerprint density at radius 2 is 0.725 bits per heavy atom. The Hall–Kier alpha value is -8.72. The smallest absolute Gasteiger partial charge is 0.136 e. The Balaban J connectivity index is 0.850. The topological polar surface area (TPSA) is 16.4 Å². The number of nitrogens with zero attached hydrogens (tertiary/aromatic N) is 1. The van der Waals surface area contributed by atoms with Gasteiger partial charge in [0.05, 0.1) is 0 Å². The van der Waals surface area contributed by atoms with Crippen LogP contribution in [-0.2, 0) is 5.41 Å². The van der Waals surface area contributed by atoms with Crippen molar-refractivity contribution in [1.82, 2.24) is 0 Å². The van der Waals surface area contributed by atoms with Gasteiger partial charge in [-0.3, -0.25) is 0 Å². The van der Waals surface area contributed by atoms with Gasteiger partial charge in [-0.25, -0.2) is 0 Å². The van der Waals surface area contributed by atoms with E-state index in [4.69, 9.17) is 4.42 Å². The molecule has 0 atom stereocenters. The summed E-state index contributed by atoms with van der Waals surface area (Å²) in [5.41, 5.74) is 22.1. The molecule has 0 saturated heterocycles. The van der Waals surface area contributed by atoms with Crippen LogP contribution in [0.2, 0.25) is 0 Å². The summed E-state index contributed by atoms with van der Waals surface area (Å²) in [5.74, 6) is 0. The zero-order chi connectivity index (χ0) is 46.1. The lowest BCUT2D eigenvalue weighted by atomic mass is 9.81. The molecule has 0 N–H and O–H groups in total. The number of hydrogen-bond donors (Lipinski definition) is 0. The van der Waals surface area contributed by atoms with Gasteiger partial charge in [0.15, 0.2) is 0 Å². The molecule has 1 aliphatic rings. The highest BCUT2D eigenvalue weighted by molar-refractivity contribution is 6.19. The fraction of sp³-hybridized carbons (Fsp3) is 0.0448. The summed E-state index contributed by atoms with van der Waals surface area (Å²) in [5, 5.41) is 4.78. The first kappa shape index (κ1) is 40.5. The van der Waals surface area contributed by atoms with Crippen molar-refractivity contribution in [2.75, 3.05) is 4.90 Å². The van der Waals surface area contributed by atoms with E-state index >= 15 is 0 Å². The number of anilines is 3. The van der Waals surface area contributed by atoms with Gasteiger partial charge in [-0.15, -0.1) is 0 Å². The fourth-order valence-corrected chi connectivity index (χ4v) is 10.8. The summed E-state index contributed by atoms with van der Waals surface area (Å²) in [6.45, 7) is 4.75. The summed E-state index contributed by atoms with van der Waals surface area (Å²) in [6.07, 6.45) is 0. The predicted octanol–water partition coefficient (Wildman–Crippen LogP) is 18.9. The van der Waals surface area contributed by atoms with Crippen molar-refractivity contribution in [3.05, 3.63) is 260 Å². The zero-order valence-corrected chi connectivity index (χ0v) is 38.5. The van der Waals surface area contributed by atoms with E-state index < -0.39 is 0 Å². The first-order chi connectivity index (χ1) is 33.9. The van der Waals surface area contributed by atoms with Crippen molar-refractivity contribution >= 4 is 49.8 Å². The molecule has 0 fully saturated rings. The quantitative estimate of drug-likeness (QED) is 0.151. The van der Waals surface area contributed by atoms with Gasteiger partial charge in [-0.2, -0.15) is 0 Å². The number of benzene rings is 11. The second-order valence-electron chi connectivity index (χ2n) is 18.9. The second-order valence-corrected chi connectivity index (χ2v) is 18.9. The van der Waals surface area contributed by atoms with Gasteiger partial charge in [-0.1, -0.05) is 202 Å². The third kappa shape index (κ3) is 7.03. The molecule has 12 aromatic rings. The lowest BCUT2D eigenvalue weighted by Crippen LogP contribution is -2.16. The minimum absolute atomic E-state index is 0.240. The Morgan fingerprint density at radius 3 is 1.29 bits per heavy atom. The van der Waals surface area contributed by atoms with Gasteiger partial charge in [0, 0.05) is 33.2 Å². The van der Waals surface area contributed by atoms with Crippen LogP contribution < -0.4 is 4.90 Å². The van der Waals surface area contributed by atoms with Crippen LogP contribution in [0.25, 0.3) is 99.5 Å². The molecular formula is C67H47NO. The van der Waals surface area contributed by atoms with Crippen LogP contribution in [-0.4, -0.2) is 0 Å². The van der Waals surface area contributed by atoms with E-state index in [0.717, 1.165) is 39.2 Å². The third-order valence-corrected chi connectivity index (χ3v) is 14.5. The molecule has 1 heterocycles. The number of fused-ring (bicyclic) bond motifs is 8. The Morgan fingerprint density at radius 1 is 0.304 bits per heavy atom. The van der Waals surface area contributed by atoms with E-state index in [-0.39, 0.29) is 5.41 Å². The first-order valence-electron chi connectivity index (χ1n) is 23.9. The number of rotatable bonds is 8. The molecule has 1 aromatic heterocycles. The van der Waals surface area contributed by atoms with E-state index in [1.807, 2.05) is 0 Å². The van der Waals surface area contributed by atoms with Crippen LogP contribution in [0, 0.1) is 0 Å². The molecule has 0 bridgehead atoms. The molecule has 0 saturated carbocycles. The maximum atomic E-state index is 6.51. The van der Waals surface area contributed by atoms with E-state index in [2.05, 4.69) is 267 Å². The van der Waals surface area contributed by atoms with Crippen LogP contribution >= 0.6 is 0 Å². The van der Waals surface area contributed by atoms with Gasteiger partial charge in [0.2, 0.25) is 0 Å². The van der Waals surface area contributed by atoms with Crippen molar-refractivity contribution in [3.8, 4) is 66.8 Å². The van der Waals surface area contributed by atoms with E-state index in [1.165, 1.54) is 88.5 Å². The van der Waals surface area contributed by atoms with Crippen molar-refractivity contribution in [3.63, 3.8) is 0 Å². The SMILES string of the molecule is CC1(C)c2cc(-c3ccc4c(c3)oc3ccc5ccccc5c34)ccc2-c2ccc(N(c3ccc(-c4ccc(-c5ccccc5)cc4)cc3)c3ccc(-c4ccc(-c5ccccc5)cc4)cc3)cc21. The lowest BCUT2D eigenvalue weighted by molar-refractivity contribution is 0.660. The normalized spacial score (nSPS) is 12.6. The van der Waals surface area contributed by atoms with Gasteiger partial charge in [0.1, 0.15) is 11.2 Å². The van der Waals surface area contributed by atoms with E-state index in [1.54, 1.807) is 0 Å². The average Bonchev–Trinajstić information content (AvgIpc) is 3.90. The first-order valence-corrected chi connectivity index (χ1v) is 23.9. The van der Waals surface area contributed by atoms with Crippen molar-refractivity contribution in [2.45, 2.75) is 19.3 Å². The van der Waals surface area contributed by atoms with Gasteiger partial charge in [0.25, 0.3) is 0 Å². The second kappa shape index (κ2) is 16.3. The molecule has 0 spiro atoms. The summed E-state index contributed by atoms with van der Waals surface area (Å²) in [7, 11) is 0. The van der Waals surface area contributed by atoms with Crippen molar-refractivity contribution in [2.24, 2.45) is 0 Å². The molecule has 13 rings (SSSR count). The lowest BCUT2D eigenvalue weighted by Gasteiger charge is -2.28. The fourth-order valence-electron chi connectivity index (χ4n) is 10.8. The Labute approximate surface area is 403 Å². The maximum Gasteiger partial charge on any atom is 0.136 e. The number of hydrogen-bond acceptors (Lipinski definition) is 2. The maximum absolute atomic E-state index is 6.51. The predicted molar refractivity (Wildman–Crippen MR) is 291 cm³/mol. The monoisotopic (exact) mass is 881 g/mol. The molecular weight excluding hydrogens is 835 g/mol. The van der Waals surface area contributed by atoms with Gasteiger partial charge in [-0.05, 0) is 149 Å². The van der Waals surface area contributed by atoms with Gasteiger partial charge < -0.3 is 9.32 Å². The average molecular weight is 882 g/mol. The molecule has 0 aliphatic heterocycles. The molecule has 2 nitrogen and oxygen atoms in total. The van der Waals surface area contributed by atoms with Crippen LogP contribution in [0.15, 0.2) is 253 Å². The standard InChI is InChI=1S/C67H47NO/c1-67(2)62-41-53(54-30-38-61-65(42-54)69-64-40-31-52-15-9-10-16-58(52)66(61)64)29-37-59(62)60-39-36-57(43-63(60)67)68(55-32-25-50(26-33-55)48-21-17-46(18-22-48)44-11-5-3-6-12-44)56-34-27-51(28-35-56)49-23-19-47(20-24-49)45-13-7-4-8-14-45/h3-43H,1-2H3. The molecule has 1 aliphatic carbocycles. The Bertz CT molecular complexity index is 3740. The van der Waals surface area contributed by atoms with Crippen LogP contribution in [0.4, 0.5) is 17.1 Å². The highest BCUT2D eigenvalue weighted by atomic mass is 16.3. The summed E-state index contributed by atoms with van der Waals surface area (Å²) < 4.78 is 6.51. The Kier molecular flexibility index (Phi) is 9.55. The third-order valence-electron chi connectivity index (χ3n) is 14.5. The molecule has 11 aromatic carbocycles. The summed E-state index contributed by atoms with van der Waals surface area (Å²) >= 11 is 0. The van der Waals surface area contributed by atoms with Crippen molar-refractivity contribution < 1.29 is 4.42 Å². The number of furan rings is 1. The highest BCUT2D eigenvalue weighted by Crippen LogP contribution is 2.52. The van der Waals surface area contributed by atoms with E-state index in [9.17, 15) is 0 Å². The van der Waals surface area contributed by atoms with Crippen molar-refractivity contribution in [1.29, 1.82) is 0 Å². The molecule has 326 valence electrons. The van der Waals surface area contributed by atoms with E-state index in [0.29, 0.717) is 0 Å². The zero-order valence-electron chi connectivity index (χ0n) is 38.5. The molecule has 0 unspecified atom stereocenters. The molecule has 2 heteroatoms. The largest absolute Gasteiger partial charge is 0.456 e. The van der Waals surface area contributed by atoms with Crippen LogP contribution in [0.1, 0.15) is 25.0 Å². The van der Waals surface area contributed by atoms with Crippen LogP contribution in [0.3, 0.4) is 0 Å².